The summed E-state index contributed by atoms with van der Waals surface area (Å²) >= 11 is 0. The number of ether oxygens (including phenoxy) is 2. The highest BCUT2D eigenvalue weighted by molar-refractivity contribution is 5.77. The van der Waals surface area contributed by atoms with Crippen LogP contribution in [0.5, 0.6) is 11.5 Å². The number of alkyl halides is 3. The second-order valence-electron chi connectivity index (χ2n) is 5.24. The highest BCUT2D eigenvalue weighted by atomic mass is 19.4. The summed E-state index contributed by atoms with van der Waals surface area (Å²) in [6.45, 7) is -0.235. The van der Waals surface area contributed by atoms with Gasteiger partial charge in [0.05, 0.1) is 0 Å². The first-order valence-electron chi connectivity index (χ1n) is 7.35. The number of carbonyl (C=O) groups excluding carboxylic acids is 1. The zero-order valence-corrected chi connectivity index (χ0v) is 12.5. The fraction of sp³-hybridized carbons (Fsp3) is 0.533. The molecular formula is C15H19F3N2O3. The first-order valence-corrected chi connectivity index (χ1v) is 7.35. The Hall–Kier alpha value is -1.96. The molecule has 5 nitrogen and oxygen atoms in total. The predicted molar refractivity (Wildman–Crippen MR) is 77.5 cm³/mol. The molecule has 0 aromatic heterocycles. The van der Waals surface area contributed by atoms with Crippen LogP contribution in [0.1, 0.15) is 12.8 Å². The van der Waals surface area contributed by atoms with Gasteiger partial charge in [0, 0.05) is 12.6 Å². The zero-order valence-electron chi connectivity index (χ0n) is 12.5. The lowest BCUT2D eigenvalue weighted by Crippen LogP contribution is -2.39. The molecule has 0 radical (unpaired) electrons. The molecule has 0 bridgehead atoms. The Labute approximate surface area is 132 Å². The Morgan fingerprint density at radius 1 is 1.26 bits per heavy atom. The third-order valence-corrected chi connectivity index (χ3v) is 3.31. The van der Waals surface area contributed by atoms with Crippen LogP contribution in [0.3, 0.4) is 0 Å². The Morgan fingerprint density at radius 3 is 2.57 bits per heavy atom. The van der Waals surface area contributed by atoms with Crippen molar-refractivity contribution in [2.45, 2.75) is 25.1 Å². The van der Waals surface area contributed by atoms with Crippen LogP contribution in [0, 0.1) is 0 Å². The van der Waals surface area contributed by atoms with E-state index in [-0.39, 0.29) is 30.1 Å². The standard InChI is InChI=1S/C15H19F3N2O3/c16-15(17,18)10-23-13-6-2-1-5-12(13)22-9-14(21)20-8-11-4-3-7-19-11/h1-2,5-6,11,19H,3-4,7-10H2,(H,20,21). The van der Waals surface area contributed by atoms with Gasteiger partial charge in [-0.1, -0.05) is 12.1 Å². The molecular weight excluding hydrogens is 313 g/mol. The van der Waals surface area contributed by atoms with E-state index in [0.29, 0.717) is 6.54 Å². The maximum absolute atomic E-state index is 12.2. The van der Waals surface area contributed by atoms with Gasteiger partial charge in [0.1, 0.15) is 0 Å². The van der Waals surface area contributed by atoms with Gasteiger partial charge in [-0.2, -0.15) is 13.2 Å². The van der Waals surface area contributed by atoms with Crippen molar-refractivity contribution >= 4 is 5.91 Å². The van der Waals surface area contributed by atoms with Crippen LogP contribution in [0.25, 0.3) is 0 Å². The molecule has 23 heavy (non-hydrogen) atoms. The molecule has 1 aromatic rings. The summed E-state index contributed by atoms with van der Waals surface area (Å²) in [5.74, 6) is -0.273. The number of halogens is 3. The summed E-state index contributed by atoms with van der Waals surface area (Å²) in [6.07, 6.45) is -2.34. The summed E-state index contributed by atoms with van der Waals surface area (Å²) in [5.41, 5.74) is 0. The largest absolute Gasteiger partial charge is 0.480 e. The van der Waals surface area contributed by atoms with E-state index in [1.165, 1.54) is 18.2 Å². The normalized spacial score (nSPS) is 17.8. The van der Waals surface area contributed by atoms with E-state index in [1.54, 1.807) is 6.07 Å². The van der Waals surface area contributed by atoms with Crippen molar-refractivity contribution in [1.29, 1.82) is 0 Å². The lowest BCUT2D eigenvalue weighted by molar-refractivity contribution is -0.153. The first kappa shape index (κ1) is 17.4. The maximum atomic E-state index is 12.2. The molecule has 1 aliphatic heterocycles. The number of rotatable bonds is 7. The van der Waals surface area contributed by atoms with E-state index in [2.05, 4.69) is 15.4 Å². The zero-order chi connectivity index (χ0) is 16.7. The monoisotopic (exact) mass is 332 g/mol. The molecule has 8 heteroatoms. The molecule has 1 fully saturated rings. The third kappa shape index (κ3) is 6.35. The predicted octanol–water partition coefficient (Wildman–Crippen LogP) is 1.87. The van der Waals surface area contributed by atoms with Crippen LogP contribution in [0.15, 0.2) is 24.3 Å². The van der Waals surface area contributed by atoms with Crippen molar-refractivity contribution < 1.29 is 27.4 Å². The van der Waals surface area contributed by atoms with E-state index < -0.39 is 12.8 Å². The Bertz CT molecular complexity index is 517. The summed E-state index contributed by atoms with van der Waals surface area (Å²) in [4.78, 5) is 11.7. The van der Waals surface area contributed by atoms with Crippen molar-refractivity contribution in [2.75, 3.05) is 26.3 Å². The third-order valence-electron chi connectivity index (χ3n) is 3.31. The van der Waals surface area contributed by atoms with Crippen molar-refractivity contribution in [3.8, 4) is 11.5 Å². The molecule has 1 aromatic carbocycles. The number of benzene rings is 1. The quantitative estimate of drug-likeness (QED) is 0.800. The number of hydrogen-bond acceptors (Lipinski definition) is 4. The number of amides is 1. The minimum absolute atomic E-state index is 0.0462. The molecule has 1 atom stereocenters. The van der Waals surface area contributed by atoms with E-state index >= 15 is 0 Å². The summed E-state index contributed by atoms with van der Waals surface area (Å²) < 4.78 is 46.5. The lowest BCUT2D eigenvalue weighted by Gasteiger charge is -2.14. The summed E-state index contributed by atoms with van der Waals surface area (Å²) in [6, 6.07) is 6.21. The van der Waals surface area contributed by atoms with Gasteiger partial charge in [0.25, 0.3) is 5.91 Å². The highest BCUT2D eigenvalue weighted by Crippen LogP contribution is 2.28. The van der Waals surface area contributed by atoms with Crippen molar-refractivity contribution in [1.82, 2.24) is 10.6 Å². The fourth-order valence-corrected chi connectivity index (χ4v) is 2.21. The smallest absolute Gasteiger partial charge is 0.422 e. The van der Waals surface area contributed by atoms with Gasteiger partial charge in [-0.3, -0.25) is 4.79 Å². The number of carbonyl (C=O) groups is 1. The molecule has 0 aliphatic carbocycles. The van der Waals surface area contributed by atoms with E-state index in [0.717, 1.165) is 19.4 Å². The van der Waals surface area contributed by atoms with Crippen LogP contribution < -0.4 is 20.1 Å². The van der Waals surface area contributed by atoms with Gasteiger partial charge in [-0.15, -0.1) is 0 Å². The number of para-hydroxylation sites is 2. The Kier molecular flexibility index (Phi) is 6.09. The number of hydrogen-bond donors (Lipinski definition) is 2. The molecule has 2 N–H and O–H groups in total. The van der Waals surface area contributed by atoms with E-state index in [9.17, 15) is 18.0 Å². The molecule has 128 valence electrons. The van der Waals surface area contributed by atoms with Crippen LogP contribution >= 0.6 is 0 Å². The molecule has 1 heterocycles. The van der Waals surface area contributed by atoms with Gasteiger partial charge in [0.15, 0.2) is 24.7 Å². The molecule has 1 unspecified atom stereocenters. The van der Waals surface area contributed by atoms with Crippen molar-refractivity contribution in [3.05, 3.63) is 24.3 Å². The number of nitrogens with one attached hydrogen (secondary N) is 2. The van der Waals surface area contributed by atoms with Crippen LogP contribution in [0.2, 0.25) is 0 Å². The molecule has 0 saturated carbocycles. The molecule has 1 saturated heterocycles. The minimum Gasteiger partial charge on any atom is -0.480 e. The van der Waals surface area contributed by atoms with Gasteiger partial charge in [-0.25, -0.2) is 0 Å². The van der Waals surface area contributed by atoms with Crippen LogP contribution in [0.4, 0.5) is 13.2 Å². The molecule has 1 aliphatic rings. The summed E-state index contributed by atoms with van der Waals surface area (Å²) in [5, 5.41) is 5.97. The van der Waals surface area contributed by atoms with Gasteiger partial charge >= 0.3 is 6.18 Å². The van der Waals surface area contributed by atoms with Crippen molar-refractivity contribution in [2.24, 2.45) is 0 Å². The second kappa shape index (κ2) is 8.05. The average Bonchev–Trinajstić information content (AvgIpc) is 3.02. The van der Waals surface area contributed by atoms with Gasteiger partial charge < -0.3 is 20.1 Å². The first-order chi connectivity index (χ1) is 10.9. The Morgan fingerprint density at radius 2 is 1.96 bits per heavy atom. The topological polar surface area (TPSA) is 59.6 Å². The lowest BCUT2D eigenvalue weighted by atomic mass is 10.2. The van der Waals surface area contributed by atoms with Crippen LogP contribution in [-0.4, -0.2) is 44.4 Å². The van der Waals surface area contributed by atoms with Crippen LogP contribution in [-0.2, 0) is 4.79 Å². The fourth-order valence-electron chi connectivity index (χ4n) is 2.21. The van der Waals surface area contributed by atoms with Crippen molar-refractivity contribution in [3.63, 3.8) is 0 Å². The molecule has 2 rings (SSSR count). The van der Waals surface area contributed by atoms with Gasteiger partial charge in [0.2, 0.25) is 0 Å². The average molecular weight is 332 g/mol. The van der Waals surface area contributed by atoms with Gasteiger partial charge in [-0.05, 0) is 31.5 Å². The summed E-state index contributed by atoms with van der Waals surface area (Å²) in [7, 11) is 0. The highest BCUT2D eigenvalue weighted by Gasteiger charge is 2.29. The molecule has 0 spiro atoms. The SMILES string of the molecule is O=C(COc1ccccc1OCC(F)(F)F)NCC1CCCN1. The maximum Gasteiger partial charge on any atom is 0.422 e. The Balaban J connectivity index is 1.78. The van der Waals surface area contributed by atoms with E-state index in [1.807, 2.05) is 0 Å². The molecule has 1 amide bonds. The minimum atomic E-state index is -4.43. The second-order valence-corrected chi connectivity index (χ2v) is 5.24. The van der Waals surface area contributed by atoms with E-state index in [4.69, 9.17) is 4.74 Å².